The highest BCUT2D eigenvalue weighted by Crippen LogP contribution is 2.27. The van der Waals surface area contributed by atoms with Crippen molar-refractivity contribution < 1.29 is 26.6 Å². The third-order valence-electron chi connectivity index (χ3n) is 8.05. The summed E-state index contributed by atoms with van der Waals surface area (Å²) in [6.07, 6.45) is 5.22. The number of rotatable bonds is 19. The van der Waals surface area contributed by atoms with Crippen LogP contribution in [0.15, 0.2) is 141 Å². The summed E-state index contributed by atoms with van der Waals surface area (Å²) in [4.78, 5) is 0. The second kappa shape index (κ2) is 16.8. The van der Waals surface area contributed by atoms with Crippen LogP contribution in [0, 0.1) is 0 Å². The van der Waals surface area contributed by atoms with Crippen molar-refractivity contribution in [2.75, 3.05) is 19.8 Å². The Morgan fingerprint density at radius 3 is 0.959 bits per heavy atom. The molecule has 0 radical (unpaired) electrons. The molecule has 0 bridgehead atoms. The van der Waals surface area contributed by atoms with Gasteiger partial charge in [-0.3, -0.25) is 0 Å². The van der Waals surface area contributed by atoms with E-state index in [1.54, 1.807) is 18.2 Å². The van der Waals surface area contributed by atoms with Gasteiger partial charge in [0, 0.05) is 5.19 Å². The molecule has 4 aromatic rings. The van der Waals surface area contributed by atoms with Gasteiger partial charge in [0.15, 0.2) is 0 Å². The first-order chi connectivity index (χ1) is 23.3. The van der Waals surface area contributed by atoms with Crippen molar-refractivity contribution in [3.8, 4) is 17.2 Å². The topological polar surface area (TPSA) is 55.4 Å². The average molecular weight is 727 g/mol. The molecule has 49 heavy (non-hydrogen) atoms. The first-order valence-electron chi connectivity index (χ1n) is 16.5. The Labute approximate surface area is 297 Å². The highest BCUT2D eigenvalue weighted by atomic mass is 28.5. The van der Waals surface area contributed by atoms with E-state index in [0.29, 0.717) is 19.8 Å². The molecule has 0 aliphatic heterocycles. The number of benzene rings is 4. The van der Waals surface area contributed by atoms with Crippen molar-refractivity contribution in [1.29, 1.82) is 0 Å². The molecule has 258 valence electrons. The van der Waals surface area contributed by atoms with Crippen LogP contribution in [-0.2, 0) is 12.3 Å². The largest absolute Gasteiger partial charge is 0.506 e. The van der Waals surface area contributed by atoms with E-state index in [-0.39, 0.29) is 0 Å². The summed E-state index contributed by atoms with van der Waals surface area (Å²) in [5.74, 6) is 2.36. The van der Waals surface area contributed by atoms with Crippen molar-refractivity contribution in [2.24, 2.45) is 0 Å². The van der Waals surface area contributed by atoms with Crippen LogP contribution in [-0.4, -0.2) is 53.6 Å². The molecular weight excluding hydrogens is 677 g/mol. The predicted molar refractivity (Wildman–Crippen MR) is 213 cm³/mol. The second-order valence-electron chi connectivity index (χ2n) is 13.1. The fourth-order valence-corrected chi connectivity index (χ4v) is 21.4. The maximum absolute atomic E-state index is 7.56. The van der Waals surface area contributed by atoms with E-state index in [9.17, 15) is 0 Å². The van der Waals surface area contributed by atoms with Crippen molar-refractivity contribution in [3.05, 3.63) is 141 Å². The van der Waals surface area contributed by atoms with Gasteiger partial charge in [-0.05, 0) is 91.2 Å². The number of ether oxygens (including phenoxy) is 3. The molecule has 4 rings (SSSR count). The molecule has 0 N–H and O–H groups in total. The van der Waals surface area contributed by atoms with E-state index in [1.807, 2.05) is 54.6 Å². The quantitative estimate of drug-likeness (QED) is 0.0774. The van der Waals surface area contributed by atoms with Gasteiger partial charge in [-0.25, -0.2) is 0 Å². The Morgan fingerprint density at radius 1 is 0.408 bits per heavy atom. The second-order valence-corrected chi connectivity index (χ2v) is 28.1. The zero-order chi connectivity index (χ0) is 35.5. The summed E-state index contributed by atoms with van der Waals surface area (Å²) < 4.78 is 40.0. The molecule has 0 spiro atoms. The molecule has 6 nitrogen and oxygen atoms in total. The molecule has 0 aromatic heterocycles. The van der Waals surface area contributed by atoms with E-state index < -0.39 is 33.8 Å². The van der Waals surface area contributed by atoms with Crippen LogP contribution in [0.3, 0.4) is 0 Å². The molecule has 0 fully saturated rings. The van der Waals surface area contributed by atoms with Gasteiger partial charge in [0.05, 0.1) is 0 Å². The molecular formula is C39H50O6Si4. The van der Waals surface area contributed by atoms with Gasteiger partial charge in [0.25, 0.3) is 0 Å². The third kappa shape index (κ3) is 10.1. The van der Waals surface area contributed by atoms with Crippen molar-refractivity contribution >= 4 is 54.5 Å². The average Bonchev–Trinajstić information content (AvgIpc) is 3.09. The predicted octanol–water partition coefficient (Wildman–Crippen LogP) is 6.91. The monoisotopic (exact) mass is 726 g/mol. The van der Waals surface area contributed by atoms with Crippen LogP contribution in [0.25, 0.3) is 0 Å². The maximum Gasteiger partial charge on any atom is 0.506 e. The summed E-state index contributed by atoms with van der Waals surface area (Å²) in [7, 11) is -11.7. The lowest BCUT2D eigenvalue weighted by atomic mass is 10.3. The lowest BCUT2D eigenvalue weighted by Crippen LogP contribution is -2.72. The summed E-state index contributed by atoms with van der Waals surface area (Å²) in [6.45, 7) is 25.9. The van der Waals surface area contributed by atoms with Crippen LogP contribution < -0.4 is 35.0 Å². The summed E-state index contributed by atoms with van der Waals surface area (Å²) in [6, 6.07) is 34.8. The zero-order valence-electron chi connectivity index (χ0n) is 29.7. The van der Waals surface area contributed by atoms with Crippen molar-refractivity contribution in [3.63, 3.8) is 0 Å². The minimum absolute atomic E-state index is 0.449. The number of hydrogen-bond acceptors (Lipinski definition) is 6. The summed E-state index contributed by atoms with van der Waals surface area (Å²) in [5.41, 5.74) is 0. The van der Waals surface area contributed by atoms with Gasteiger partial charge >= 0.3 is 8.80 Å². The Hall–Kier alpha value is -3.75. The first kappa shape index (κ1) is 38.1. The van der Waals surface area contributed by atoms with Crippen LogP contribution in [0.2, 0.25) is 39.3 Å². The minimum Gasteiger partial charge on any atom is -0.490 e. The molecule has 0 amide bonds. The SMILES string of the molecule is C=CCOc1ccc([Si](C)(C)O[Si](O[Si](C)(C)c2ccc(OCC=C)cc2)(O[Si](C)(C)c2ccc(OCC=C)cc2)c2ccccc2)cc1. The molecule has 10 heteroatoms. The van der Waals surface area contributed by atoms with Gasteiger partial charge in [-0.15, -0.1) is 0 Å². The Morgan fingerprint density at radius 2 is 0.694 bits per heavy atom. The Balaban J connectivity index is 1.82. The normalized spacial score (nSPS) is 12.2. The van der Waals surface area contributed by atoms with Gasteiger partial charge in [-0.1, -0.05) is 105 Å². The third-order valence-corrected chi connectivity index (χ3v) is 23.6. The van der Waals surface area contributed by atoms with Crippen LogP contribution in [0.4, 0.5) is 0 Å². The van der Waals surface area contributed by atoms with E-state index in [2.05, 4.69) is 108 Å². The van der Waals surface area contributed by atoms with Gasteiger partial charge in [0.2, 0.25) is 25.0 Å². The Kier molecular flexibility index (Phi) is 13.0. The van der Waals surface area contributed by atoms with Gasteiger partial charge in [-0.2, -0.15) is 0 Å². The van der Waals surface area contributed by atoms with Gasteiger partial charge in [0.1, 0.15) is 37.1 Å². The van der Waals surface area contributed by atoms with Crippen LogP contribution in [0.1, 0.15) is 0 Å². The van der Waals surface area contributed by atoms with E-state index in [4.69, 9.17) is 26.6 Å². The molecule has 0 aliphatic rings. The smallest absolute Gasteiger partial charge is 0.490 e. The highest BCUT2D eigenvalue weighted by Gasteiger charge is 2.55. The molecule has 0 unspecified atom stereocenters. The van der Waals surface area contributed by atoms with Gasteiger partial charge < -0.3 is 26.6 Å². The number of hydrogen-bond donors (Lipinski definition) is 0. The van der Waals surface area contributed by atoms with Crippen LogP contribution >= 0.6 is 0 Å². The fourth-order valence-electron chi connectivity index (χ4n) is 5.39. The van der Waals surface area contributed by atoms with Crippen molar-refractivity contribution in [1.82, 2.24) is 0 Å². The minimum atomic E-state index is -3.68. The molecule has 0 heterocycles. The van der Waals surface area contributed by atoms with E-state index >= 15 is 0 Å². The van der Waals surface area contributed by atoms with E-state index in [0.717, 1.165) is 38.0 Å². The molecule has 0 atom stereocenters. The van der Waals surface area contributed by atoms with E-state index in [1.165, 1.54) is 0 Å². The molecule has 0 saturated carbocycles. The fraction of sp³-hybridized carbons (Fsp3) is 0.231. The molecule has 4 aromatic carbocycles. The standard InChI is InChI=1S/C39H50O6Si4/c1-10-30-40-33-18-24-36(25-19-33)46(4,5)43-49(39-16-14-13-15-17-39,44-47(6,7)37-26-20-34(21-27-37)41-31-11-2)45-48(8,9)38-28-22-35(23-29-38)42-32-12-3/h10-29H,1-3,30-32H2,4-9H3. The lowest BCUT2D eigenvalue weighted by Gasteiger charge is -2.45. The summed E-state index contributed by atoms with van der Waals surface area (Å²) in [5, 5.41) is 4.29. The zero-order valence-corrected chi connectivity index (χ0v) is 33.7. The Bertz CT molecular complexity index is 1490. The molecule has 0 saturated heterocycles. The highest BCUT2D eigenvalue weighted by molar-refractivity contribution is 7.02. The lowest BCUT2D eigenvalue weighted by molar-refractivity contribution is 0.278. The van der Waals surface area contributed by atoms with Crippen LogP contribution in [0.5, 0.6) is 17.2 Å². The van der Waals surface area contributed by atoms with Crippen molar-refractivity contribution in [2.45, 2.75) is 39.3 Å². The molecule has 0 aliphatic carbocycles. The first-order valence-corrected chi connectivity index (χ1v) is 27.0. The maximum atomic E-state index is 7.56. The summed E-state index contributed by atoms with van der Waals surface area (Å²) >= 11 is 0.